The molecule has 1 aliphatic carbocycles. The number of nitrogens with two attached hydrogens (primary N) is 1. The number of carbonyl (C=O) groups is 2. The number of nitrogens with zero attached hydrogens (tertiary/aromatic N) is 1. The number of aromatic hydroxyl groups is 1. The molecule has 21 heavy (non-hydrogen) atoms. The van der Waals surface area contributed by atoms with E-state index in [4.69, 9.17) is 5.73 Å². The minimum atomic E-state index is -0.736. The van der Waals surface area contributed by atoms with Crippen molar-refractivity contribution in [3.05, 3.63) is 62.7 Å². The van der Waals surface area contributed by atoms with Crippen LogP contribution in [0.2, 0.25) is 0 Å². The van der Waals surface area contributed by atoms with E-state index in [1.807, 2.05) is 0 Å². The van der Waals surface area contributed by atoms with Gasteiger partial charge < -0.3 is 10.8 Å². The molecule has 0 radical (unpaired) electrons. The van der Waals surface area contributed by atoms with Crippen LogP contribution in [0.4, 0.5) is 11.4 Å². The molecular formula is C14H8N2O5. The Balaban J connectivity index is 2.42. The van der Waals surface area contributed by atoms with Crippen molar-refractivity contribution in [1.82, 2.24) is 0 Å². The molecule has 0 bridgehead atoms. The van der Waals surface area contributed by atoms with Gasteiger partial charge in [-0.2, -0.15) is 0 Å². The van der Waals surface area contributed by atoms with Crippen LogP contribution < -0.4 is 5.73 Å². The van der Waals surface area contributed by atoms with E-state index in [1.54, 1.807) is 0 Å². The Bertz CT molecular complexity index is 841. The van der Waals surface area contributed by atoms with E-state index in [0.717, 1.165) is 6.07 Å². The number of benzene rings is 2. The molecule has 0 unspecified atom stereocenters. The zero-order valence-electron chi connectivity index (χ0n) is 10.5. The molecule has 3 N–H and O–H groups in total. The Morgan fingerprint density at radius 1 is 1.00 bits per heavy atom. The summed E-state index contributed by atoms with van der Waals surface area (Å²) in [5.74, 6) is -1.77. The minimum absolute atomic E-state index is 0.00930. The summed E-state index contributed by atoms with van der Waals surface area (Å²) in [6, 6.07) is 6.26. The second-order valence-corrected chi connectivity index (χ2v) is 4.54. The Morgan fingerprint density at radius 3 is 2.38 bits per heavy atom. The van der Waals surface area contributed by atoms with E-state index >= 15 is 0 Å². The molecule has 3 rings (SSSR count). The molecule has 7 heteroatoms. The van der Waals surface area contributed by atoms with E-state index in [2.05, 4.69) is 0 Å². The fraction of sp³-hybridized carbons (Fsp3) is 0. The van der Waals surface area contributed by atoms with Crippen LogP contribution in [0, 0.1) is 10.1 Å². The first-order valence-electron chi connectivity index (χ1n) is 5.91. The number of carbonyl (C=O) groups excluding carboxylic acids is 2. The summed E-state index contributed by atoms with van der Waals surface area (Å²) in [5.41, 5.74) is 4.41. The highest BCUT2D eigenvalue weighted by Gasteiger charge is 2.38. The molecule has 104 valence electrons. The first-order chi connectivity index (χ1) is 9.93. The lowest BCUT2D eigenvalue weighted by Gasteiger charge is -2.19. The van der Waals surface area contributed by atoms with Gasteiger partial charge in [0.2, 0.25) is 5.78 Å². The maximum absolute atomic E-state index is 12.5. The molecule has 0 aliphatic heterocycles. The first-order valence-corrected chi connectivity index (χ1v) is 5.91. The first kappa shape index (κ1) is 12.8. The van der Waals surface area contributed by atoms with Gasteiger partial charge in [-0.3, -0.25) is 19.7 Å². The number of phenols is 1. The summed E-state index contributed by atoms with van der Waals surface area (Å²) < 4.78 is 0. The third-order valence-electron chi connectivity index (χ3n) is 3.38. The van der Waals surface area contributed by atoms with Gasteiger partial charge in [0.25, 0.3) is 5.69 Å². The highest BCUT2D eigenvalue weighted by Crippen LogP contribution is 2.38. The van der Waals surface area contributed by atoms with Crippen molar-refractivity contribution in [1.29, 1.82) is 0 Å². The number of nitro groups is 1. The van der Waals surface area contributed by atoms with Crippen molar-refractivity contribution >= 4 is 22.9 Å². The second kappa shape index (κ2) is 4.14. The number of fused-ring (bicyclic) bond motifs is 2. The fourth-order valence-corrected chi connectivity index (χ4v) is 2.46. The highest BCUT2D eigenvalue weighted by molar-refractivity contribution is 6.32. The lowest BCUT2D eigenvalue weighted by Crippen LogP contribution is -2.23. The van der Waals surface area contributed by atoms with Crippen LogP contribution >= 0.6 is 0 Å². The predicted molar refractivity (Wildman–Crippen MR) is 72.5 cm³/mol. The van der Waals surface area contributed by atoms with Crippen LogP contribution in [-0.2, 0) is 0 Å². The number of rotatable bonds is 1. The lowest BCUT2D eigenvalue weighted by atomic mass is 9.82. The number of anilines is 1. The molecule has 0 heterocycles. The molecule has 1 aliphatic rings. The quantitative estimate of drug-likeness (QED) is 0.303. The van der Waals surface area contributed by atoms with Crippen LogP contribution in [0.5, 0.6) is 5.75 Å². The van der Waals surface area contributed by atoms with E-state index in [-0.39, 0.29) is 33.7 Å². The van der Waals surface area contributed by atoms with Gasteiger partial charge in [0.15, 0.2) is 5.78 Å². The summed E-state index contributed by atoms with van der Waals surface area (Å²) >= 11 is 0. The van der Waals surface area contributed by atoms with Crippen LogP contribution in [0.1, 0.15) is 31.8 Å². The predicted octanol–water partition coefficient (Wildman–Crippen LogP) is 1.66. The van der Waals surface area contributed by atoms with Gasteiger partial charge in [-0.25, -0.2) is 0 Å². The summed E-state index contributed by atoms with van der Waals surface area (Å²) in [7, 11) is 0. The number of ketones is 2. The second-order valence-electron chi connectivity index (χ2n) is 4.54. The average Bonchev–Trinajstić information content (AvgIpc) is 2.46. The SMILES string of the molecule is Nc1ccc(O)c2c1C(=O)c1c(cccc1[N+](=O)[O-])C2=O. The van der Waals surface area contributed by atoms with Crippen LogP contribution in [0.15, 0.2) is 30.3 Å². The van der Waals surface area contributed by atoms with Crippen molar-refractivity contribution in [3.8, 4) is 5.75 Å². The smallest absolute Gasteiger partial charge is 0.281 e. The lowest BCUT2D eigenvalue weighted by molar-refractivity contribution is -0.385. The summed E-state index contributed by atoms with van der Waals surface area (Å²) in [6.45, 7) is 0. The Kier molecular flexibility index (Phi) is 2.52. The van der Waals surface area contributed by atoms with Crippen LogP contribution in [-0.4, -0.2) is 21.6 Å². The van der Waals surface area contributed by atoms with Crippen molar-refractivity contribution in [2.75, 3.05) is 5.73 Å². The summed E-state index contributed by atoms with van der Waals surface area (Å²) in [4.78, 5) is 35.2. The van der Waals surface area contributed by atoms with Gasteiger partial charge in [-0.05, 0) is 18.2 Å². The third-order valence-corrected chi connectivity index (χ3v) is 3.38. The van der Waals surface area contributed by atoms with Crippen LogP contribution in [0.3, 0.4) is 0 Å². The van der Waals surface area contributed by atoms with Gasteiger partial charge in [0.1, 0.15) is 11.3 Å². The number of nitro benzene ring substituents is 1. The summed E-state index contributed by atoms with van der Waals surface area (Å²) in [6.07, 6.45) is 0. The third kappa shape index (κ3) is 1.61. The molecule has 0 amide bonds. The number of nitrogen functional groups attached to an aromatic ring is 1. The maximum atomic E-state index is 12.5. The molecule has 2 aromatic carbocycles. The zero-order chi connectivity index (χ0) is 15.3. The monoisotopic (exact) mass is 284 g/mol. The van der Waals surface area contributed by atoms with Crippen LogP contribution in [0.25, 0.3) is 0 Å². The number of phenolic OH excluding ortho intramolecular Hbond substituents is 1. The Hall–Kier alpha value is -3.22. The molecule has 0 spiro atoms. The highest BCUT2D eigenvalue weighted by atomic mass is 16.6. The molecule has 0 atom stereocenters. The zero-order valence-corrected chi connectivity index (χ0v) is 10.5. The maximum Gasteiger partial charge on any atom is 0.281 e. The standard InChI is InChI=1S/C14H8N2O5/c15-7-4-5-9(17)12-11(7)14(19)10-6(13(12)18)2-1-3-8(10)16(20)21/h1-5,17H,15H2. The molecule has 0 fully saturated rings. The molecule has 0 saturated carbocycles. The van der Waals surface area contributed by atoms with Gasteiger partial charge in [-0.15, -0.1) is 0 Å². The van der Waals surface area contributed by atoms with Crippen molar-refractivity contribution < 1.29 is 19.6 Å². The number of hydrogen-bond acceptors (Lipinski definition) is 6. The van der Waals surface area contributed by atoms with Crippen molar-refractivity contribution in [3.63, 3.8) is 0 Å². The summed E-state index contributed by atoms with van der Waals surface area (Å²) in [5, 5.41) is 20.9. The molecule has 0 saturated heterocycles. The Labute approximate surface area is 117 Å². The van der Waals surface area contributed by atoms with Crippen molar-refractivity contribution in [2.45, 2.75) is 0 Å². The van der Waals surface area contributed by atoms with Gasteiger partial charge >= 0.3 is 0 Å². The van der Waals surface area contributed by atoms with E-state index in [0.29, 0.717) is 0 Å². The van der Waals surface area contributed by atoms with E-state index in [1.165, 1.54) is 24.3 Å². The average molecular weight is 284 g/mol. The normalized spacial score (nSPS) is 12.8. The van der Waals surface area contributed by atoms with E-state index < -0.39 is 22.2 Å². The van der Waals surface area contributed by atoms with Gasteiger partial charge in [0.05, 0.1) is 16.1 Å². The topological polar surface area (TPSA) is 124 Å². The van der Waals surface area contributed by atoms with Gasteiger partial charge in [0, 0.05) is 17.3 Å². The van der Waals surface area contributed by atoms with E-state index in [9.17, 15) is 24.8 Å². The van der Waals surface area contributed by atoms with Crippen molar-refractivity contribution in [2.24, 2.45) is 0 Å². The minimum Gasteiger partial charge on any atom is -0.507 e. The molecular weight excluding hydrogens is 276 g/mol. The fourth-order valence-electron chi connectivity index (χ4n) is 2.46. The molecule has 7 nitrogen and oxygen atoms in total. The molecule has 2 aromatic rings. The van der Waals surface area contributed by atoms with Gasteiger partial charge in [-0.1, -0.05) is 6.07 Å². The molecule has 0 aromatic heterocycles. The largest absolute Gasteiger partial charge is 0.507 e. The Morgan fingerprint density at radius 2 is 1.71 bits per heavy atom. The number of hydrogen-bond donors (Lipinski definition) is 2.